The number of esters is 1. The van der Waals surface area contributed by atoms with E-state index in [0.717, 1.165) is 18.1 Å². The molecule has 1 aliphatic rings. The van der Waals surface area contributed by atoms with Gasteiger partial charge in [-0.2, -0.15) is 14.0 Å². The van der Waals surface area contributed by atoms with Crippen LogP contribution < -0.4 is 15.0 Å². The van der Waals surface area contributed by atoms with Crippen LogP contribution in [0.3, 0.4) is 0 Å². The van der Waals surface area contributed by atoms with Crippen LogP contribution in [-0.2, 0) is 35.1 Å². The monoisotopic (exact) mass is 704 g/mol. The third-order valence-electron chi connectivity index (χ3n) is 6.62. The number of nitrogens with zero attached hydrogens (tertiary/aromatic N) is 3. The van der Waals surface area contributed by atoms with Gasteiger partial charge < -0.3 is 39.0 Å². The SMILES string of the molecule is COC(=O)c1cccc(N2CCO[C@H]([C@@H](O)C(=O)Nc3ccc(C#N)c(CN(C(=O)OC(C)(C)C)C(=O)OC(C)(C)C)c3)C2=O)c1OC(F)F. The molecule has 0 radical (unpaired) electrons. The first-order valence-electron chi connectivity index (χ1n) is 15.1. The molecule has 0 aliphatic carbocycles. The first kappa shape index (κ1) is 39.1. The van der Waals surface area contributed by atoms with Crippen molar-refractivity contribution in [3.8, 4) is 11.8 Å². The molecular weight excluding hydrogens is 666 g/mol. The highest BCUT2D eigenvalue weighted by atomic mass is 19.3. The van der Waals surface area contributed by atoms with Crippen molar-refractivity contribution in [3.63, 3.8) is 0 Å². The number of hydrogen-bond acceptors (Lipinski definition) is 12. The lowest BCUT2D eigenvalue weighted by molar-refractivity contribution is -0.150. The molecule has 4 amide bonds. The average Bonchev–Trinajstić information content (AvgIpc) is 3.01. The molecule has 1 fully saturated rings. The van der Waals surface area contributed by atoms with Crippen molar-refractivity contribution in [2.45, 2.75) is 78.1 Å². The number of aliphatic hydroxyl groups excluding tert-OH is 1. The molecule has 270 valence electrons. The summed E-state index contributed by atoms with van der Waals surface area (Å²) in [5, 5.41) is 23.0. The van der Waals surface area contributed by atoms with Gasteiger partial charge in [-0.05, 0) is 77.4 Å². The molecule has 2 atom stereocenters. The number of aliphatic hydroxyl groups is 1. The maximum Gasteiger partial charge on any atom is 0.420 e. The second-order valence-corrected chi connectivity index (χ2v) is 12.8. The standard InChI is InChI=1S/C33H38F2N4O11/c1-32(2,3)49-30(44)39(31(45)50-33(4,5)6)17-19-15-20(12-11-18(19)16-36)37-26(41)23(40)25-27(42)38(13-14-47-25)22-10-8-9-21(28(43)46-7)24(22)48-29(34)35/h8-12,15,23,25,29,40H,13-14,17H2,1-7H3,(H,37,41)/t23-,25-/m1/s1. The smallest absolute Gasteiger partial charge is 0.420 e. The predicted octanol–water partition coefficient (Wildman–Crippen LogP) is 4.35. The van der Waals surface area contributed by atoms with Crippen LogP contribution in [0.2, 0.25) is 0 Å². The molecular formula is C33H38F2N4O11. The number of morpholine rings is 1. The second kappa shape index (κ2) is 15.9. The molecule has 1 heterocycles. The molecule has 2 N–H and O–H groups in total. The number of halogens is 2. The molecule has 50 heavy (non-hydrogen) atoms. The Kier molecular flexibility index (Phi) is 12.4. The number of rotatable bonds is 9. The zero-order valence-electron chi connectivity index (χ0n) is 28.4. The summed E-state index contributed by atoms with van der Waals surface area (Å²) >= 11 is 0. The van der Waals surface area contributed by atoms with Crippen molar-refractivity contribution in [2.75, 3.05) is 30.5 Å². The number of benzene rings is 2. The fraction of sp³-hybridized carbons (Fsp3) is 0.455. The van der Waals surface area contributed by atoms with Gasteiger partial charge in [0.25, 0.3) is 11.8 Å². The van der Waals surface area contributed by atoms with E-state index in [-0.39, 0.29) is 35.7 Å². The zero-order chi connectivity index (χ0) is 37.6. The zero-order valence-corrected chi connectivity index (χ0v) is 28.4. The number of methoxy groups -OCH3 is 1. The van der Waals surface area contributed by atoms with E-state index in [0.29, 0.717) is 4.90 Å². The van der Waals surface area contributed by atoms with Gasteiger partial charge in [0.15, 0.2) is 18.0 Å². The van der Waals surface area contributed by atoms with Gasteiger partial charge in [0.2, 0.25) is 0 Å². The summed E-state index contributed by atoms with van der Waals surface area (Å²) in [6, 6.07) is 9.50. The predicted molar refractivity (Wildman–Crippen MR) is 170 cm³/mol. The molecule has 0 spiro atoms. The Balaban J connectivity index is 1.88. The number of nitrogens with one attached hydrogen (secondary N) is 1. The summed E-state index contributed by atoms with van der Waals surface area (Å²) in [6.07, 6.45) is -6.08. The molecule has 1 saturated heterocycles. The minimum absolute atomic E-state index is 0.00473. The molecule has 15 nitrogen and oxygen atoms in total. The third kappa shape index (κ3) is 10.1. The normalized spacial score (nSPS) is 15.4. The molecule has 0 aromatic heterocycles. The Morgan fingerprint density at radius 3 is 2.24 bits per heavy atom. The van der Waals surface area contributed by atoms with E-state index in [1.54, 1.807) is 41.5 Å². The number of nitriles is 1. The van der Waals surface area contributed by atoms with Gasteiger partial charge in [-0.3, -0.25) is 9.59 Å². The Morgan fingerprint density at radius 1 is 1.08 bits per heavy atom. The lowest BCUT2D eigenvalue weighted by Crippen LogP contribution is -2.55. The van der Waals surface area contributed by atoms with Gasteiger partial charge in [0.1, 0.15) is 16.8 Å². The first-order valence-corrected chi connectivity index (χ1v) is 15.1. The molecule has 0 unspecified atom stereocenters. The number of imide groups is 1. The number of amides is 4. The van der Waals surface area contributed by atoms with E-state index in [1.165, 1.54) is 30.3 Å². The van der Waals surface area contributed by atoms with Gasteiger partial charge >= 0.3 is 24.8 Å². The van der Waals surface area contributed by atoms with E-state index >= 15 is 0 Å². The number of alkyl halides is 2. The maximum absolute atomic E-state index is 13.5. The minimum Gasteiger partial charge on any atom is -0.465 e. The van der Waals surface area contributed by atoms with Crippen molar-refractivity contribution in [2.24, 2.45) is 0 Å². The summed E-state index contributed by atoms with van der Waals surface area (Å²) in [7, 11) is 1.03. The summed E-state index contributed by atoms with van der Waals surface area (Å²) < 4.78 is 51.9. The largest absolute Gasteiger partial charge is 0.465 e. The minimum atomic E-state index is -3.37. The molecule has 0 bridgehead atoms. The van der Waals surface area contributed by atoms with Gasteiger partial charge in [-0.15, -0.1) is 0 Å². The third-order valence-corrected chi connectivity index (χ3v) is 6.62. The van der Waals surface area contributed by atoms with E-state index in [9.17, 15) is 43.1 Å². The molecule has 2 aromatic carbocycles. The fourth-order valence-electron chi connectivity index (χ4n) is 4.57. The Labute approximate surface area is 286 Å². The Morgan fingerprint density at radius 2 is 1.70 bits per heavy atom. The average molecular weight is 705 g/mol. The van der Waals surface area contributed by atoms with Crippen LogP contribution in [0, 0.1) is 11.3 Å². The van der Waals surface area contributed by atoms with Crippen LogP contribution in [0.1, 0.15) is 63.0 Å². The van der Waals surface area contributed by atoms with Crippen LogP contribution in [0.15, 0.2) is 36.4 Å². The van der Waals surface area contributed by atoms with Crippen LogP contribution in [-0.4, -0.2) is 90.3 Å². The summed E-state index contributed by atoms with van der Waals surface area (Å²) in [4.78, 5) is 66.5. The Hall–Kier alpha value is -5.34. The number of carbonyl (C=O) groups excluding carboxylic acids is 5. The highest BCUT2D eigenvalue weighted by Crippen LogP contribution is 2.36. The fourth-order valence-corrected chi connectivity index (χ4v) is 4.57. The quantitative estimate of drug-likeness (QED) is 0.277. The number of hydrogen-bond donors (Lipinski definition) is 2. The van der Waals surface area contributed by atoms with Crippen molar-refractivity contribution in [3.05, 3.63) is 53.1 Å². The highest BCUT2D eigenvalue weighted by molar-refractivity contribution is 6.06. The van der Waals surface area contributed by atoms with E-state index in [4.69, 9.17) is 14.2 Å². The molecule has 1 aliphatic heterocycles. The molecule has 17 heteroatoms. The van der Waals surface area contributed by atoms with Crippen molar-refractivity contribution < 1.29 is 61.5 Å². The van der Waals surface area contributed by atoms with Gasteiger partial charge in [-0.25, -0.2) is 19.3 Å². The molecule has 3 rings (SSSR count). The van der Waals surface area contributed by atoms with Crippen LogP contribution in [0.4, 0.5) is 29.7 Å². The lowest BCUT2D eigenvalue weighted by Gasteiger charge is -2.35. The highest BCUT2D eigenvalue weighted by Gasteiger charge is 2.41. The number of anilines is 2. The maximum atomic E-state index is 13.5. The van der Waals surface area contributed by atoms with Crippen LogP contribution in [0.5, 0.6) is 5.75 Å². The summed E-state index contributed by atoms with van der Waals surface area (Å²) in [5.41, 5.74) is -2.52. The summed E-state index contributed by atoms with van der Waals surface area (Å²) in [6.45, 7) is 5.22. The topological polar surface area (TPSA) is 194 Å². The molecule has 2 aromatic rings. The number of ether oxygens (including phenoxy) is 5. The summed E-state index contributed by atoms with van der Waals surface area (Å²) in [5.74, 6) is -3.81. The van der Waals surface area contributed by atoms with E-state index in [1.807, 2.05) is 6.07 Å². The van der Waals surface area contributed by atoms with E-state index in [2.05, 4.69) is 14.8 Å². The van der Waals surface area contributed by atoms with Crippen molar-refractivity contribution in [1.82, 2.24) is 4.90 Å². The molecule has 0 saturated carbocycles. The van der Waals surface area contributed by atoms with Crippen LogP contribution in [0.25, 0.3) is 0 Å². The van der Waals surface area contributed by atoms with Gasteiger partial charge in [0, 0.05) is 12.2 Å². The van der Waals surface area contributed by atoms with E-state index < -0.39 is 77.8 Å². The second-order valence-electron chi connectivity index (χ2n) is 12.8. The first-order chi connectivity index (χ1) is 23.3. The number of para-hydroxylation sites is 1. The van der Waals surface area contributed by atoms with Gasteiger partial charge in [0.05, 0.1) is 37.6 Å². The lowest BCUT2D eigenvalue weighted by atomic mass is 10.1. The number of carbonyl (C=O) groups is 5. The Bertz CT molecular complexity index is 1640. The van der Waals surface area contributed by atoms with Crippen LogP contribution >= 0.6 is 0 Å². The van der Waals surface area contributed by atoms with Crippen molar-refractivity contribution >= 4 is 41.3 Å². The van der Waals surface area contributed by atoms with Gasteiger partial charge in [-0.1, -0.05) is 6.07 Å². The van der Waals surface area contributed by atoms with Crippen molar-refractivity contribution in [1.29, 1.82) is 5.26 Å².